The van der Waals surface area contributed by atoms with Crippen LogP contribution in [0, 0.1) is 0 Å². The van der Waals surface area contributed by atoms with Gasteiger partial charge in [0.1, 0.15) is 0 Å². The maximum Gasteiger partial charge on any atom is 0.262 e. The van der Waals surface area contributed by atoms with Crippen LogP contribution in [0.3, 0.4) is 0 Å². The summed E-state index contributed by atoms with van der Waals surface area (Å²) in [5.74, 6) is -0.343. The van der Waals surface area contributed by atoms with Gasteiger partial charge in [0.25, 0.3) is 11.8 Å². The van der Waals surface area contributed by atoms with E-state index in [9.17, 15) is 9.59 Å². The number of hydrogen-bond donors (Lipinski definition) is 2. The molecule has 0 saturated heterocycles. The lowest BCUT2D eigenvalue weighted by molar-refractivity contribution is -0.112. The number of fused-ring (bicyclic) bond motifs is 1. The highest BCUT2D eigenvalue weighted by Crippen LogP contribution is 2.39. The summed E-state index contributed by atoms with van der Waals surface area (Å²) < 4.78 is 0. The first-order chi connectivity index (χ1) is 15.5. The van der Waals surface area contributed by atoms with Crippen molar-refractivity contribution >= 4 is 46.9 Å². The minimum Gasteiger partial charge on any atom is -0.350 e. The Hall–Kier alpha value is -3.02. The fourth-order valence-electron chi connectivity index (χ4n) is 3.46. The van der Waals surface area contributed by atoms with E-state index in [0.717, 1.165) is 23.3 Å². The summed E-state index contributed by atoms with van der Waals surface area (Å²) in [6, 6.07) is 23.0. The molecular weight excluding hydrogens is 440 g/mol. The van der Waals surface area contributed by atoms with Crippen LogP contribution in [0.2, 0.25) is 5.02 Å². The molecule has 162 valence electrons. The molecule has 6 heteroatoms. The molecule has 1 aliphatic rings. The first-order valence-corrected chi connectivity index (χ1v) is 11.6. The first-order valence-electron chi connectivity index (χ1n) is 10.4. The molecule has 1 heterocycles. The van der Waals surface area contributed by atoms with E-state index in [0.29, 0.717) is 21.2 Å². The fourth-order valence-corrected chi connectivity index (χ4v) is 4.59. The Morgan fingerprint density at radius 3 is 2.69 bits per heavy atom. The van der Waals surface area contributed by atoms with Crippen molar-refractivity contribution in [2.24, 2.45) is 0 Å². The molecular formula is C26H23ClN2O2S. The average Bonchev–Trinajstić information content (AvgIpc) is 2.78. The second kappa shape index (κ2) is 10.1. The molecule has 2 amide bonds. The molecule has 0 aromatic heterocycles. The van der Waals surface area contributed by atoms with Crippen molar-refractivity contribution in [2.75, 3.05) is 5.32 Å². The van der Waals surface area contributed by atoms with Gasteiger partial charge in [-0.25, -0.2) is 0 Å². The second-order valence-electron chi connectivity index (χ2n) is 7.73. The molecule has 1 aliphatic heterocycles. The number of carbonyl (C=O) groups is 2. The lowest BCUT2D eigenvalue weighted by Gasteiger charge is -2.20. The minimum atomic E-state index is -0.198. The number of nitrogens with one attached hydrogen (secondary N) is 2. The molecule has 4 nitrogen and oxygen atoms in total. The number of halogens is 1. The third-order valence-electron chi connectivity index (χ3n) is 5.17. The summed E-state index contributed by atoms with van der Waals surface area (Å²) in [4.78, 5) is 26.8. The molecule has 32 heavy (non-hydrogen) atoms. The Labute approximate surface area is 197 Å². The molecule has 2 N–H and O–H groups in total. The van der Waals surface area contributed by atoms with E-state index in [1.807, 2.05) is 55.5 Å². The summed E-state index contributed by atoms with van der Waals surface area (Å²) in [6.45, 7) is 2.00. The number of anilines is 1. The Kier molecular flexibility index (Phi) is 6.98. The fraction of sp³-hybridized carbons (Fsp3) is 0.154. The minimum absolute atomic E-state index is 0.0370. The highest BCUT2D eigenvalue weighted by atomic mass is 35.5. The van der Waals surface area contributed by atoms with Crippen molar-refractivity contribution in [3.8, 4) is 0 Å². The molecule has 0 spiro atoms. The van der Waals surface area contributed by atoms with Gasteiger partial charge in [-0.15, -0.1) is 0 Å². The average molecular weight is 463 g/mol. The van der Waals surface area contributed by atoms with Gasteiger partial charge in [0.2, 0.25) is 0 Å². The van der Waals surface area contributed by atoms with Crippen LogP contribution in [0.15, 0.2) is 82.6 Å². The number of amides is 2. The van der Waals surface area contributed by atoms with E-state index in [4.69, 9.17) is 11.6 Å². The van der Waals surface area contributed by atoms with Crippen LogP contribution < -0.4 is 10.6 Å². The van der Waals surface area contributed by atoms with E-state index >= 15 is 0 Å². The zero-order valence-corrected chi connectivity index (χ0v) is 19.2. The molecule has 0 fully saturated rings. The Morgan fingerprint density at radius 2 is 1.91 bits per heavy atom. The van der Waals surface area contributed by atoms with Crippen molar-refractivity contribution in [1.82, 2.24) is 5.32 Å². The normalized spacial score (nSPS) is 15.1. The largest absolute Gasteiger partial charge is 0.350 e. The van der Waals surface area contributed by atoms with Gasteiger partial charge in [0.05, 0.1) is 10.6 Å². The van der Waals surface area contributed by atoms with Crippen molar-refractivity contribution in [1.29, 1.82) is 0 Å². The Balaban J connectivity index is 1.41. The van der Waals surface area contributed by atoms with Crippen LogP contribution >= 0.6 is 23.4 Å². The van der Waals surface area contributed by atoms with E-state index < -0.39 is 0 Å². The van der Waals surface area contributed by atoms with Gasteiger partial charge in [-0.1, -0.05) is 65.8 Å². The van der Waals surface area contributed by atoms with Gasteiger partial charge >= 0.3 is 0 Å². The van der Waals surface area contributed by atoms with E-state index in [2.05, 4.69) is 22.8 Å². The van der Waals surface area contributed by atoms with E-state index in [1.165, 1.54) is 17.3 Å². The Bertz CT molecular complexity index is 1180. The zero-order valence-electron chi connectivity index (χ0n) is 17.6. The predicted molar refractivity (Wildman–Crippen MR) is 132 cm³/mol. The number of carbonyl (C=O) groups excluding carboxylic acids is 2. The smallest absolute Gasteiger partial charge is 0.262 e. The van der Waals surface area contributed by atoms with Crippen LogP contribution in [0.25, 0.3) is 6.08 Å². The van der Waals surface area contributed by atoms with E-state index in [1.54, 1.807) is 18.2 Å². The molecule has 3 aromatic carbocycles. The van der Waals surface area contributed by atoms with Crippen LogP contribution in [0.5, 0.6) is 0 Å². The molecule has 1 unspecified atom stereocenters. The second-order valence-corrected chi connectivity index (χ2v) is 9.25. The summed E-state index contributed by atoms with van der Waals surface area (Å²) in [5.41, 5.74) is 3.29. The van der Waals surface area contributed by atoms with Crippen molar-refractivity contribution in [3.63, 3.8) is 0 Å². The molecule has 0 aliphatic carbocycles. The molecule has 0 bridgehead atoms. The SMILES string of the molecule is CC(CCc1ccccc1)NC(=O)c1ccc2c(c1)NC(=O)/C(=C\c1cccc(Cl)c1)S2. The van der Waals surface area contributed by atoms with Gasteiger partial charge in [-0.2, -0.15) is 0 Å². The first kappa shape index (κ1) is 22.2. The molecule has 3 aromatic rings. The number of hydrogen-bond acceptors (Lipinski definition) is 3. The molecule has 0 radical (unpaired) electrons. The van der Waals surface area contributed by atoms with Crippen molar-refractivity contribution < 1.29 is 9.59 Å². The summed E-state index contributed by atoms with van der Waals surface area (Å²) in [5, 5.41) is 6.57. The van der Waals surface area contributed by atoms with Crippen LogP contribution in [0.4, 0.5) is 5.69 Å². The monoisotopic (exact) mass is 462 g/mol. The molecule has 4 rings (SSSR count). The highest BCUT2D eigenvalue weighted by molar-refractivity contribution is 8.04. The zero-order chi connectivity index (χ0) is 22.5. The summed E-state index contributed by atoms with van der Waals surface area (Å²) in [7, 11) is 0. The topological polar surface area (TPSA) is 58.2 Å². The van der Waals surface area contributed by atoms with Crippen molar-refractivity contribution in [3.05, 3.63) is 99.4 Å². The maximum atomic E-state index is 12.7. The quantitative estimate of drug-likeness (QED) is 0.430. The van der Waals surface area contributed by atoms with Gasteiger partial charge in [-0.3, -0.25) is 9.59 Å². The van der Waals surface area contributed by atoms with Gasteiger partial charge in [0.15, 0.2) is 0 Å². The Morgan fingerprint density at radius 1 is 1.09 bits per heavy atom. The van der Waals surface area contributed by atoms with Crippen LogP contribution in [-0.2, 0) is 11.2 Å². The highest BCUT2D eigenvalue weighted by Gasteiger charge is 2.22. The number of aryl methyl sites for hydroxylation is 1. The predicted octanol–water partition coefficient (Wildman–Crippen LogP) is 6.18. The van der Waals surface area contributed by atoms with Crippen LogP contribution in [0.1, 0.15) is 34.8 Å². The maximum absolute atomic E-state index is 12.7. The summed E-state index contributed by atoms with van der Waals surface area (Å²) >= 11 is 7.42. The number of thioether (sulfide) groups is 1. The number of benzene rings is 3. The standard InChI is InChI=1S/C26H23ClN2O2S/c1-17(10-11-18-6-3-2-4-7-18)28-25(30)20-12-13-23-22(16-20)29-26(31)24(32-23)15-19-8-5-9-21(27)14-19/h2-9,12-17H,10-11H2,1H3,(H,28,30)(H,29,31)/b24-15+. The molecule has 0 saturated carbocycles. The summed E-state index contributed by atoms with van der Waals surface area (Å²) in [6.07, 6.45) is 3.57. The van der Waals surface area contributed by atoms with Gasteiger partial charge in [0, 0.05) is 21.5 Å². The number of rotatable bonds is 6. The van der Waals surface area contributed by atoms with Crippen LogP contribution in [-0.4, -0.2) is 17.9 Å². The van der Waals surface area contributed by atoms with Gasteiger partial charge < -0.3 is 10.6 Å². The molecule has 1 atom stereocenters. The van der Waals surface area contributed by atoms with E-state index in [-0.39, 0.29) is 17.9 Å². The van der Waals surface area contributed by atoms with Gasteiger partial charge in [-0.05, 0) is 67.3 Å². The third kappa shape index (κ3) is 5.61. The van der Waals surface area contributed by atoms with Crippen molar-refractivity contribution in [2.45, 2.75) is 30.7 Å². The third-order valence-corrected chi connectivity index (χ3v) is 6.50. The lowest BCUT2D eigenvalue weighted by Crippen LogP contribution is -2.33. The lowest BCUT2D eigenvalue weighted by atomic mass is 10.1.